The Hall–Kier alpha value is -2.71. The Morgan fingerprint density at radius 3 is 2.63 bits per heavy atom. The molecule has 0 bridgehead atoms. The Kier molecular flexibility index (Phi) is 5.88. The maximum Gasteiger partial charge on any atom is 0.197 e. The molecule has 9 nitrogen and oxygen atoms in total. The second-order valence-electron chi connectivity index (χ2n) is 6.73. The maximum absolute atomic E-state index is 6.13. The van der Waals surface area contributed by atoms with E-state index in [0.717, 1.165) is 48.3 Å². The molecule has 0 radical (unpaired) electrons. The quantitative estimate of drug-likeness (QED) is 0.609. The van der Waals surface area contributed by atoms with Crippen molar-refractivity contribution in [2.75, 3.05) is 32.0 Å². The number of hydrogen-bond acceptors (Lipinski definition) is 5. The van der Waals surface area contributed by atoms with E-state index in [1.165, 1.54) is 12.8 Å². The normalized spacial score (nSPS) is 15.8. The molecule has 0 unspecified atom stereocenters. The fourth-order valence-electron chi connectivity index (χ4n) is 3.17. The third kappa shape index (κ3) is 4.17. The number of aliphatic imine (C=N–C) groups is 2. The van der Waals surface area contributed by atoms with Crippen LogP contribution in [0.25, 0.3) is 5.65 Å². The predicted octanol–water partition coefficient (Wildman–Crippen LogP) is 1.54. The summed E-state index contributed by atoms with van der Waals surface area (Å²) in [4.78, 5) is 20.1. The van der Waals surface area contributed by atoms with Crippen molar-refractivity contribution in [1.29, 1.82) is 0 Å². The monoisotopic (exact) mass is 371 g/mol. The highest BCUT2D eigenvalue weighted by atomic mass is 15.3. The van der Waals surface area contributed by atoms with Crippen LogP contribution in [-0.4, -0.2) is 63.0 Å². The molecule has 0 spiro atoms. The number of amidine groups is 1. The number of aromatic nitrogens is 4. The van der Waals surface area contributed by atoms with Crippen LogP contribution in [0, 0.1) is 13.8 Å². The van der Waals surface area contributed by atoms with Crippen molar-refractivity contribution in [2.45, 2.75) is 46.5 Å². The van der Waals surface area contributed by atoms with E-state index >= 15 is 0 Å². The van der Waals surface area contributed by atoms with Crippen molar-refractivity contribution in [3.8, 4) is 0 Å². The molecule has 2 aromatic rings. The van der Waals surface area contributed by atoms with Gasteiger partial charge in [-0.25, -0.2) is 19.5 Å². The molecular formula is C18H29N9. The average Bonchev–Trinajstić information content (AvgIpc) is 3.29. The Morgan fingerprint density at radius 2 is 1.96 bits per heavy atom. The lowest BCUT2D eigenvalue weighted by Gasteiger charge is -2.16. The molecule has 1 saturated heterocycles. The Bertz CT molecular complexity index is 859. The Morgan fingerprint density at radius 1 is 1.22 bits per heavy atom. The van der Waals surface area contributed by atoms with E-state index in [-0.39, 0.29) is 0 Å². The number of likely N-dealkylation sites (tertiary alicyclic amines) is 1. The summed E-state index contributed by atoms with van der Waals surface area (Å²) in [6.07, 6.45) is 3.60. The van der Waals surface area contributed by atoms with Crippen molar-refractivity contribution in [2.24, 2.45) is 15.7 Å². The SMILES string of the molecule is CCNc1nc(CCC(=NC)N=C(N)N2CCCC2)nn2c(C)c(C)nc12. The van der Waals surface area contributed by atoms with E-state index in [1.54, 1.807) is 7.05 Å². The molecular weight excluding hydrogens is 342 g/mol. The number of nitrogens with zero attached hydrogens (tertiary/aromatic N) is 7. The first-order chi connectivity index (χ1) is 13.0. The molecule has 0 saturated carbocycles. The van der Waals surface area contributed by atoms with Gasteiger partial charge in [0.25, 0.3) is 0 Å². The van der Waals surface area contributed by atoms with Crippen molar-refractivity contribution >= 4 is 23.3 Å². The first-order valence-electron chi connectivity index (χ1n) is 9.55. The molecule has 3 N–H and O–H groups in total. The second-order valence-corrected chi connectivity index (χ2v) is 6.73. The van der Waals surface area contributed by atoms with Crippen molar-refractivity contribution < 1.29 is 0 Å². The number of nitrogens with two attached hydrogens (primary N) is 1. The fraction of sp³-hybridized carbons (Fsp3) is 0.611. The van der Waals surface area contributed by atoms with E-state index in [0.29, 0.717) is 24.6 Å². The number of guanidine groups is 1. The summed E-state index contributed by atoms with van der Waals surface area (Å²) < 4.78 is 1.86. The molecule has 27 heavy (non-hydrogen) atoms. The molecule has 3 rings (SSSR count). The summed E-state index contributed by atoms with van der Waals surface area (Å²) in [6, 6.07) is 0. The number of anilines is 1. The van der Waals surface area contributed by atoms with Crippen LogP contribution in [0.1, 0.15) is 43.4 Å². The van der Waals surface area contributed by atoms with Gasteiger partial charge >= 0.3 is 0 Å². The lowest BCUT2D eigenvalue weighted by Crippen LogP contribution is -2.35. The molecule has 0 amide bonds. The number of nitrogens with one attached hydrogen (secondary N) is 1. The zero-order valence-electron chi connectivity index (χ0n) is 16.7. The number of imidazole rings is 1. The van der Waals surface area contributed by atoms with E-state index in [4.69, 9.17) is 5.73 Å². The highest BCUT2D eigenvalue weighted by Crippen LogP contribution is 2.17. The van der Waals surface area contributed by atoms with Gasteiger partial charge in [-0.05, 0) is 33.6 Å². The number of fused-ring (bicyclic) bond motifs is 1. The maximum atomic E-state index is 6.13. The van der Waals surface area contributed by atoms with Gasteiger partial charge in [-0.2, -0.15) is 5.10 Å². The van der Waals surface area contributed by atoms with Gasteiger partial charge in [-0.1, -0.05) is 0 Å². The van der Waals surface area contributed by atoms with E-state index < -0.39 is 0 Å². The highest BCUT2D eigenvalue weighted by molar-refractivity contribution is 5.95. The summed E-state index contributed by atoms with van der Waals surface area (Å²) in [5, 5.41) is 7.94. The summed E-state index contributed by atoms with van der Waals surface area (Å²) in [6.45, 7) is 8.75. The lowest BCUT2D eigenvalue weighted by molar-refractivity contribution is 0.514. The molecule has 1 aliphatic heterocycles. The molecule has 146 valence electrons. The minimum atomic E-state index is 0.555. The van der Waals surface area contributed by atoms with Crippen LogP contribution in [0.5, 0.6) is 0 Å². The van der Waals surface area contributed by atoms with E-state index in [1.807, 2.05) is 25.3 Å². The first-order valence-corrected chi connectivity index (χ1v) is 9.55. The molecule has 0 atom stereocenters. The number of rotatable bonds is 5. The molecule has 0 aliphatic carbocycles. The highest BCUT2D eigenvalue weighted by Gasteiger charge is 2.16. The number of aryl methyl sites for hydroxylation is 3. The van der Waals surface area contributed by atoms with E-state index in [2.05, 4.69) is 35.3 Å². The summed E-state index contributed by atoms with van der Waals surface area (Å²) >= 11 is 0. The third-order valence-corrected chi connectivity index (χ3v) is 4.83. The third-order valence-electron chi connectivity index (χ3n) is 4.83. The van der Waals surface area contributed by atoms with Crippen LogP contribution < -0.4 is 11.1 Å². The van der Waals surface area contributed by atoms with Crippen LogP contribution in [0.15, 0.2) is 9.98 Å². The van der Waals surface area contributed by atoms with Crippen LogP contribution in [0.2, 0.25) is 0 Å². The minimum Gasteiger partial charge on any atom is -0.369 e. The zero-order valence-corrected chi connectivity index (χ0v) is 16.7. The Labute approximate surface area is 159 Å². The van der Waals surface area contributed by atoms with Crippen molar-refractivity contribution in [1.82, 2.24) is 24.5 Å². The van der Waals surface area contributed by atoms with Gasteiger partial charge in [-0.15, -0.1) is 0 Å². The van der Waals surface area contributed by atoms with Crippen LogP contribution in [0.4, 0.5) is 5.82 Å². The molecule has 1 fully saturated rings. The summed E-state index contributed by atoms with van der Waals surface area (Å²) in [5.74, 6) is 2.76. The molecule has 0 aromatic carbocycles. The summed E-state index contributed by atoms with van der Waals surface area (Å²) in [5.41, 5.74) is 8.87. The average molecular weight is 371 g/mol. The van der Waals surface area contributed by atoms with Crippen molar-refractivity contribution in [3.05, 3.63) is 17.2 Å². The summed E-state index contributed by atoms with van der Waals surface area (Å²) in [7, 11) is 1.74. The van der Waals surface area contributed by atoms with Gasteiger partial charge in [0, 0.05) is 39.5 Å². The topological polar surface area (TPSA) is 109 Å². The molecule has 2 aromatic heterocycles. The second kappa shape index (κ2) is 8.32. The smallest absolute Gasteiger partial charge is 0.197 e. The molecule has 3 heterocycles. The van der Waals surface area contributed by atoms with Crippen LogP contribution in [0.3, 0.4) is 0 Å². The van der Waals surface area contributed by atoms with Gasteiger partial charge in [0.2, 0.25) is 0 Å². The van der Waals surface area contributed by atoms with E-state index in [9.17, 15) is 0 Å². The first kappa shape index (κ1) is 19.1. The predicted molar refractivity (Wildman–Crippen MR) is 109 cm³/mol. The fourth-order valence-corrected chi connectivity index (χ4v) is 3.17. The van der Waals surface area contributed by atoms with Crippen LogP contribution in [-0.2, 0) is 6.42 Å². The molecule has 9 heteroatoms. The van der Waals surface area contributed by atoms with Crippen molar-refractivity contribution in [3.63, 3.8) is 0 Å². The number of hydrogen-bond donors (Lipinski definition) is 2. The van der Waals surface area contributed by atoms with Gasteiger partial charge in [-0.3, -0.25) is 4.99 Å². The van der Waals surface area contributed by atoms with Gasteiger partial charge in [0.1, 0.15) is 5.84 Å². The van der Waals surface area contributed by atoms with Crippen LogP contribution >= 0.6 is 0 Å². The van der Waals surface area contributed by atoms with Gasteiger partial charge in [0.15, 0.2) is 23.2 Å². The standard InChI is InChI=1S/C18H29N9/c1-5-21-16-17-22-12(2)13(3)27(17)25-15(23-16)9-8-14(20-4)24-18(19)26-10-6-7-11-26/h5-11H2,1-4H3,(H2,19,20,24)(H,21,23,25). The van der Waals surface area contributed by atoms with Gasteiger partial charge in [0.05, 0.1) is 11.4 Å². The largest absolute Gasteiger partial charge is 0.369 e. The minimum absolute atomic E-state index is 0.555. The van der Waals surface area contributed by atoms with Gasteiger partial charge < -0.3 is 16.0 Å². The molecule has 1 aliphatic rings. The zero-order chi connectivity index (χ0) is 19.4. The Balaban J connectivity index is 1.79. The lowest BCUT2D eigenvalue weighted by atomic mass is 10.3.